The van der Waals surface area contributed by atoms with E-state index in [0.29, 0.717) is 24.2 Å². The third kappa shape index (κ3) is 2.31. The van der Waals surface area contributed by atoms with Crippen molar-refractivity contribution in [1.29, 1.82) is 5.26 Å². The zero-order chi connectivity index (χ0) is 15.7. The first kappa shape index (κ1) is 14.5. The summed E-state index contributed by atoms with van der Waals surface area (Å²) < 4.78 is 10.9. The van der Waals surface area contributed by atoms with Crippen LogP contribution in [0.2, 0.25) is 0 Å². The molecular formula is C17H18N2O3. The van der Waals surface area contributed by atoms with Gasteiger partial charge in [0.1, 0.15) is 16.9 Å². The van der Waals surface area contributed by atoms with E-state index in [1.54, 1.807) is 19.2 Å². The zero-order valence-corrected chi connectivity index (χ0v) is 12.7. The predicted octanol–water partition coefficient (Wildman–Crippen LogP) is 3.32. The van der Waals surface area contributed by atoms with Gasteiger partial charge in [0, 0.05) is 10.9 Å². The van der Waals surface area contributed by atoms with Crippen molar-refractivity contribution >= 4 is 16.9 Å². The van der Waals surface area contributed by atoms with Gasteiger partial charge in [-0.3, -0.25) is 4.79 Å². The molecule has 1 aromatic carbocycles. The fourth-order valence-corrected chi connectivity index (χ4v) is 3.06. The number of furan rings is 1. The smallest absolute Gasteiger partial charge is 0.288 e. The van der Waals surface area contributed by atoms with Crippen molar-refractivity contribution in [2.24, 2.45) is 0 Å². The molecule has 3 rings (SSSR count). The van der Waals surface area contributed by atoms with Gasteiger partial charge in [0.05, 0.1) is 13.2 Å². The fourth-order valence-electron chi connectivity index (χ4n) is 3.06. The molecule has 1 N–H and O–H groups in total. The Morgan fingerprint density at radius 3 is 2.77 bits per heavy atom. The van der Waals surface area contributed by atoms with Crippen LogP contribution in [0.25, 0.3) is 11.0 Å². The van der Waals surface area contributed by atoms with Crippen LogP contribution < -0.4 is 10.1 Å². The molecule has 1 aliphatic carbocycles. The molecule has 0 saturated heterocycles. The third-order valence-electron chi connectivity index (χ3n) is 4.37. The lowest BCUT2D eigenvalue weighted by molar-refractivity contribution is 0.0893. The van der Waals surface area contributed by atoms with Crippen LogP contribution in [0.4, 0.5) is 0 Å². The normalized spacial score (nSPS) is 16.4. The summed E-state index contributed by atoms with van der Waals surface area (Å²) in [7, 11) is 1.60. The molecule has 1 saturated carbocycles. The number of nitrogens with one attached hydrogen (secondary N) is 1. The van der Waals surface area contributed by atoms with Crippen LogP contribution in [0.5, 0.6) is 5.75 Å². The average molecular weight is 298 g/mol. The molecule has 1 heterocycles. The van der Waals surface area contributed by atoms with Crippen molar-refractivity contribution in [3.8, 4) is 11.8 Å². The summed E-state index contributed by atoms with van der Waals surface area (Å²) in [6, 6.07) is 7.68. The van der Waals surface area contributed by atoms with Gasteiger partial charge in [-0.25, -0.2) is 0 Å². The Labute approximate surface area is 128 Å². The largest absolute Gasteiger partial charge is 0.497 e. The first-order valence-electron chi connectivity index (χ1n) is 7.39. The van der Waals surface area contributed by atoms with Crippen LogP contribution in [0, 0.1) is 18.3 Å². The maximum Gasteiger partial charge on any atom is 0.288 e. The van der Waals surface area contributed by atoms with Crippen LogP contribution in [-0.4, -0.2) is 18.6 Å². The van der Waals surface area contributed by atoms with Crippen molar-refractivity contribution in [2.75, 3.05) is 7.11 Å². The summed E-state index contributed by atoms with van der Waals surface area (Å²) in [6.45, 7) is 1.84. The summed E-state index contributed by atoms with van der Waals surface area (Å²) in [5.41, 5.74) is 0.651. The van der Waals surface area contributed by atoms with E-state index in [0.717, 1.165) is 23.8 Å². The Hall–Kier alpha value is -2.48. The Bertz CT molecular complexity index is 764. The highest BCUT2D eigenvalue weighted by Crippen LogP contribution is 2.32. The quantitative estimate of drug-likeness (QED) is 0.943. The Morgan fingerprint density at radius 1 is 1.41 bits per heavy atom. The van der Waals surface area contributed by atoms with E-state index < -0.39 is 5.54 Å². The molecule has 2 aromatic rings. The molecule has 114 valence electrons. The van der Waals surface area contributed by atoms with Crippen molar-refractivity contribution in [2.45, 2.75) is 38.1 Å². The third-order valence-corrected chi connectivity index (χ3v) is 4.37. The van der Waals surface area contributed by atoms with Crippen molar-refractivity contribution in [3.63, 3.8) is 0 Å². The number of amides is 1. The molecule has 0 bridgehead atoms. The molecule has 0 radical (unpaired) electrons. The molecule has 1 amide bonds. The zero-order valence-electron chi connectivity index (χ0n) is 12.7. The highest BCUT2D eigenvalue weighted by molar-refractivity contribution is 5.99. The van der Waals surface area contributed by atoms with Crippen LogP contribution in [0.1, 0.15) is 41.8 Å². The highest BCUT2D eigenvalue weighted by atomic mass is 16.5. The summed E-state index contributed by atoms with van der Waals surface area (Å²) in [5, 5.41) is 13.1. The van der Waals surface area contributed by atoms with Gasteiger partial charge in [0.25, 0.3) is 5.91 Å². The van der Waals surface area contributed by atoms with Crippen LogP contribution in [-0.2, 0) is 0 Å². The Morgan fingerprint density at radius 2 is 2.14 bits per heavy atom. The van der Waals surface area contributed by atoms with Gasteiger partial charge in [-0.1, -0.05) is 0 Å². The number of hydrogen-bond acceptors (Lipinski definition) is 4. The molecule has 5 nitrogen and oxygen atoms in total. The lowest BCUT2D eigenvalue weighted by atomic mass is 9.99. The standard InChI is InChI=1S/C17H18N2O3/c1-11-13-9-12(21-2)5-6-14(13)22-15(11)16(20)19-17(10-18)7-3-4-8-17/h5-6,9H,3-4,7-8H2,1-2H3,(H,19,20). The van der Waals surface area contributed by atoms with Crippen LogP contribution >= 0.6 is 0 Å². The number of rotatable bonds is 3. The molecule has 1 aliphatic rings. The van der Waals surface area contributed by atoms with Gasteiger partial charge < -0.3 is 14.5 Å². The maximum absolute atomic E-state index is 12.5. The van der Waals surface area contributed by atoms with E-state index in [2.05, 4.69) is 11.4 Å². The van der Waals surface area contributed by atoms with Gasteiger partial charge in [0.2, 0.25) is 0 Å². The van der Waals surface area contributed by atoms with Crippen LogP contribution in [0.3, 0.4) is 0 Å². The number of ether oxygens (including phenoxy) is 1. The minimum absolute atomic E-state index is 0.268. The molecule has 5 heteroatoms. The number of fused-ring (bicyclic) bond motifs is 1. The summed E-state index contributed by atoms with van der Waals surface area (Å²) in [6.07, 6.45) is 3.32. The van der Waals surface area contributed by atoms with E-state index in [4.69, 9.17) is 9.15 Å². The highest BCUT2D eigenvalue weighted by Gasteiger charge is 2.36. The molecule has 1 aromatic heterocycles. The Balaban J connectivity index is 1.94. The first-order chi connectivity index (χ1) is 10.6. The fraction of sp³-hybridized carbons (Fsp3) is 0.412. The molecule has 0 atom stereocenters. The Kier molecular flexibility index (Phi) is 3.53. The molecule has 22 heavy (non-hydrogen) atoms. The molecule has 1 fully saturated rings. The maximum atomic E-state index is 12.5. The predicted molar refractivity (Wildman–Crippen MR) is 81.8 cm³/mol. The van der Waals surface area contributed by atoms with Gasteiger partial charge in [-0.15, -0.1) is 0 Å². The van der Waals surface area contributed by atoms with Gasteiger partial charge in [-0.2, -0.15) is 5.26 Å². The monoisotopic (exact) mass is 298 g/mol. The summed E-state index contributed by atoms with van der Waals surface area (Å²) in [5.74, 6) is 0.661. The van der Waals surface area contributed by atoms with E-state index in [1.807, 2.05) is 13.0 Å². The number of methoxy groups -OCH3 is 1. The number of nitrogens with zero attached hydrogens (tertiary/aromatic N) is 1. The number of hydrogen-bond donors (Lipinski definition) is 1. The van der Waals surface area contributed by atoms with Gasteiger partial charge >= 0.3 is 0 Å². The van der Waals surface area contributed by atoms with Gasteiger partial charge in [0.15, 0.2) is 5.76 Å². The lowest BCUT2D eigenvalue weighted by Gasteiger charge is -2.21. The van der Waals surface area contributed by atoms with E-state index in [9.17, 15) is 10.1 Å². The summed E-state index contributed by atoms with van der Waals surface area (Å²) in [4.78, 5) is 12.5. The van der Waals surface area contributed by atoms with Crippen molar-refractivity contribution in [3.05, 3.63) is 29.5 Å². The minimum atomic E-state index is -0.750. The average Bonchev–Trinajstić information content (AvgIpc) is 3.13. The number of aryl methyl sites for hydroxylation is 1. The molecule has 0 unspecified atom stereocenters. The molecule has 0 spiro atoms. The second-order valence-electron chi connectivity index (χ2n) is 5.77. The lowest BCUT2D eigenvalue weighted by Crippen LogP contribution is -2.45. The second-order valence-corrected chi connectivity index (χ2v) is 5.77. The topological polar surface area (TPSA) is 75.3 Å². The molecule has 0 aliphatic heterocycles. The number of nitriles is 1. The van der Waals surface area contributed by atoms with E-state index in [1.165, 1.54) is 0 Å². The van der Waals surface area contributed by atoms with E-state index >= 15 is 0 Å². The second kappa shape index (κ2) is 5.38. The van der Waals surface area contributed by atoms with Gasteiger partial charge in [-0.05, 0) is 50.8 Å². The molecular weight excluding hydrogens is 280 g/mol. The SMILES string of the molecule is COc1ccc2oc(C(=O)NC3(C#N)CCCC3)c(C)c2c1. The number of benzene rings is 1. The van der Waals surface area contributed by atoms with Crippen LogP contribution in [0.15, 0.2) is 22.6 Å². The summed E-state index contributed by atoms with van der Waals surface area (Å²) >= 11 is 0. The van der Waals surface area contributed by atoms with Crippen molar-refractivity contribution in [1.82, 2.24) is 5.32 Å². The first-order valence-corrected chi connectivity index (χ1v) is 7.39. The number of carbonyl (C=O) groups is 1. The van der Waals surface area contributed by atoms with E-state index in [-0.39, 0.29) is 11.7 Å². The number of carbonyl (C=O) groups excluding carboxylic acids is 1. The minimum Gasteiger partial charge on any atom is -0.497 e. The van der Waals surface area contributed by atoms with Crippen molar-refractivity contribution < 1.29 is 13.9 Å².